The van der Waals surface area contributed by atoms with E-state index in [0.717, 1.165) is 24.8 Å². The number of thiocarbonyl (C=S) groups is 1. The van der Waals surface area contributed by atoms with E-state index in [2.05, 4.69) is 0 Å². The molecule has 2 heterocycles. The Bertz CT molecular complexity index is 825. The summed E-state index contributed by atoms with van der Waals surface area (Å²) >= 11 is 6.64. The van der Waals surface area contributed by atoms with Crippen LogP contribution in [0, 0.1) is 0 Å². The molecule has 2 unspecified atom stereocenters. The molecule has 1 aromatic carbocycles. The van der Waals surface area contributed by atoms with Crippen LogP contribution in [0.4, 0.5) is 0 Å². The molecule has 156 valence electrons. The standard InChI is InChI=1S/C21H26N2O4S2/c1-14(19(25)22-11-6-5-8-16(22)10-12-24)23-20(26)18(29-21(23)28)13-15-7-3-4-9-17(15)27-2/h3-4,7,9,13-14,16,24H,5-6,8,10-12H2,1-2H3/b18-13-. The second kappa shape index (κ2) is 9.73. The maximum atomic E-state index is 13.2. The molecule has 2 atom stereocenters. The van der Waals surface area contributed by atoms with Crippen molar-refractivity contribution in [2.24, 2.45) is 0 Å². The summed E-state index contributed by atoms with van der Waals surface area (Å²) in [5, 5.41) is 9.33. The smallest absolute Gasteiger partial charge is 0.266 e. The van der Waals surface area contributed by atoms with Gasteiger partial charge < -0.3 is 14.7 Å². The van der Waals surface area contributed by atoms with Gasteiger partial charge in [-0.1, -0.05) is 42.2 Å². The Kier molecular flexibility index (Phi) is 7.32. The van der Waals surface area contributed by atoms with Gasteiger partial charge in [-0.25, -0.2) is 0 Å². The first-order valence-electron chi connectivity index (χ1n) is 9.79. The summed E-state index contributed by atoms with van der Waals surface area (Å²) in [6.45, 7) is 2.43. The zero-order valence-corrected chi connectivity index (χ0v) is 18.3. The highest BCUT2D eigenvalue weighted by atomic mass is 32.2. The van der Waals surface area contributed by atoms with Crippen molar-refractivity contribution in [1.29, 1.82) is 0 Å². The number of benzene rings is 1. The summed E-state index contributed by atoms with van der Waals surface area (Å²) in [7, 11) is 1.58. The van der Waals surface area contributed by atoms with Crippen molar-refractivity contribution in [3.8, 4) is 5.75 Å². The summed E-state index contributed by atoms with van der Waals surface area (Å²) in [4.78, 5) is 29.9. The van der Waals surface area contributed by atoms with E-state index in [1.165, 1.54) is 16.7 Å². The van der Waals surface area contributed by atoms with Gasteiger partial charge in [-0.2, -0.15) is 0 Å². The second-order valence-electron chi connectivity index (χ2n) is 7.16. The van der Waals surface area contributed by atoms with Crippen molar-refractivity contribution < 1.29 is 19.4 Å². The molecular formula is C21H26N2O4S2. The van der Waals surface area contributed by atoms with Gasteiger partial charge in [0.15, 0.2) is 0 Å². The molecule has 1 aromatic rings. The van der Waals surface area contributed by atoms with Gasteiger partial charge in [-0.3, -0.25) is 14.5 Å². The minimum Gasteiger partial charge on any atom is -0.496 e. The van der Waals surface area contributed by atoms with Crippen LogP contribution in [0.25, 0.3) is 6.08 Å². The van der Waals surface area contributed by atoms with E-state index < -0.39 is 6.04 Å². The number of ether oxygens (including phenoxy) is 1. The van der Waals surface area contributed by atoms with E-state index >= 15 is 0 Å². The Morgan fingerprint density at radius 3 is 2.90 bits per heavy atom. The van der Waals surface area contributed by atoms with Crippen molar-refractivity contribution >= 4 is 46.2 Å². The van der Waals surface area contributed by atoms with Gasteiger partial charge in [-0.15, -0.1) is 0 Å². The van der Waals surface area contributed by atoms with E-state index in [1.807, 2.05) is 29.2 Å². The number of methoxy groups -OCH3 is 1. The molecule has 8 heteroatoms. The van der Waals surface area contributed by atoms with Gasteiger partial charge in [0.1, 0.15) is 16.1 Å². The normalized spacial score (nSPS) is 22.3. The zero-order valence-electron chi connectivity index (χ0n) is 16.7. The summed E-state index contributed by atoms with van der Waals surface area (Å²) < 4.78 is 5.73. The number of hydrogen-bond donors (Lipinski definition) is 1. The first-order chi connectivity index (χ1) is 14.0. The number of para-hydroxylation sites is 1. The van der Waals surface area contributed by atoms with E-state index in [4.69, 9.17) is 17.0 Å². The van der Waals surface area contributed by atoms with E-state index in [9.17, 15) is 14.7 Å². The largest absolute Gasteiger partial charge is 0.496 e. The van der Waals surface area contributed by atoms with Crippen LogP contribution in [-0.2, 0) is 9.59 Å². The van der Waals surface area contributed by atoms with Crippen LogP contribution in [0.15, 0.2) is 29.2 Å². The molecule has 2 saturated heterocycles. The van der Waals surface area contributed by atoms with Crippen LogP contribution in [0.5, 0.6) is 5.75 Å². The van der Waals surface area contributed by atoms with Crippen molar-refractivity contribution in [2.75, 3.05) is 20.3 Å². The van der Waals surface area contributed by atoms with E-state index in [1.54, 1.807) is 20.1 Å². The summed E-state index contributed by atoms with van der Waals surface area (Å²) in [5.41, 5.74) is 0.786. The topological polar surface area (TPSA) is 70.1 Å². The van der Waals surface area contributed by atoms with E-state index in [-0.39, 0.29) is 24.5 Å². The molecule has 29 heavy (non-hydrogen) atoms. The molecule has 0 aromatic heterocycles. The number of nitrogens with zero attached hydrogens (tertiary/aromatic N) is 2. The molecule has 1 N–H and O–H groups in total. The van der Waals surface area contributed by atoms with Crippen molar-refractivity contribution in [2.45, 2.75) is 44.7 Å². The molecule has 0 radical (unpaired) electrons. The highest BCUT2D eigenvalue weighted by molar-refractivity contribution is 8.26. The molecule has 3 rings (SSSR count). The lowest BCUT2D eigenvalue weighted by atomic mass is 9.98. The molecular weight excluding hydrogens is 408 g/mol. The van der Waals surface area contributed by atoms with Gasteiger partial charge in [0.2, 0.25) is 5.91 Å². The minimum absolute atomic E-state index is 0.0197. The van der Waals surface area contributed by atoms with Crippen molar-refractivity contribution in [1.82, 2.24) is 9.80 Å². The Morgan fingerprint density at radius 2 is 2.17 bits per heavy atom. The number of likely N-dealkylation sites (tertiary alicyclic amines) is 1. The predicted molar refractivity (Wildman–Crippen MR) is 119 cm³/mol. The van der Waals surface area contributed by atoms with Crippen molar-refractivity contribution in [3.05, 3.63) is 34.7 Å². The van der Waals surface area contributed by atoms with Gasteiger partial charge in [0.05, 0.1) is 12.0 Å². The fourth-order valence-corrected chi connectivity index (χ4v) is 5.24. The minimum atomic E-state index is -0.676. The lowest BCUT2D eigenvalue weighted by molar-refractivity contribution is -0.142. The average Bonchev–Trinajstić information content (AvgIpc) is 3.01. The van der Waals surface area contributed by atoms with Crippen LogP contribution in [0.2, 0.25) is 0 Å². The number of carbonyl (C=O) groups excluding carboxylic acids is 2. The number of aliphatic hydroxyl groups is 1. The van der Waals surface area contributed by atoms with Crippen LogP contribution in [0.3, 0.4) is 0 Å². The summed E-state index contributed by atoms with van der Waals surface area (Å²) in [5.74, 6) is 0.294. The van der Waals surface area contributed by atoms with Crippen LogP contribution >= 0.6 is 24.0 Å². The van der Waals surface area contributed by atoms with Gasteiger partial charge in [-0.05, 0) is 44.7 Å². The molecule has 2 fully saturated rings. The predicted octanol–water partition coefficient (Wildman–Crippen LogP) is 3.05. The van der Waals surface area contributed by atoms with Gasteiger partial charge in [0.25, 0.3) is 5.91 Å². The Balaban J connectivity index is 1.80. The quantitative estimate of drug-likeness (QED) is 0.548. The number of amides is 2. The van der Waals surface area contributed by atoms with Crippen LogP contribution in [-0.4, -0.2) is 63.4 Å². The van der Waals surface area contributed by atoms with Crippen LogP contribution < -0.4 is 4.74 Å². The summed E-state index contributed by atoms with van der Waals surface area (Å²) in [6.07, 6.45) is 5.18. The van der Waals surface area contributed by atoms with Gasteiger partial charge in [0, 0.05) is 24.8 Å². The monoisotopic (exact) mass is 434 g/mol. The number of hydrogen-bond acceptors (Lipinski definition) is 6. The fraction of sp³-hybridized carbons (Fsp3) is 0.476. The number of rotatable bonds is 6. The van der Waals surface area contributed by atoms with E-state index in [0.29, 0.717) is 27.9 Å². The number of carbonyl (C=O) groups is 2. The molecule has 2 amide bonds. The van der Waals surface area contributed by atoms with Crippen LogP contribution in [0.1, 0.15) is 38.2 Å². The first kappa shape index (κ1) is 21.8. The fourth-order valence-electron chi connectivity index (χ4n) is 3.83. The lowest BCUT2D eigenvalue weighted by Crippen LogP contribution is -2.53. The first-order valence-corrected chi connectivity index (χ1v) is 11.0. The Hall–Kier alpha value is -1.90. The molecule has 2 aliphatic heterocycles. The molecule has 0 saturated carbocycles. The number of aliphatic hydroxyl groups excluding tert-OH is 1. The highest BCUT2D eigenvalue weighted by Crippen LogP contribution is 2.36. The molecule has 6 nitrogen and oxygen atoms in total. The third-order valence-electron chi connectivity index (χ3n) is 5.37. The Labute approximate surface area is 180 Å². The average molecular weight is 435 g/mol. The second-order valence-corrected chi connectivity index (χ2v) is 8.84. The SMILES string of the molecule is COc1ccccc1/C=C1\SC(=S)N(C(C)C(=O)N2CCCCC2CCO)C1=O. The molecule has 2 aliphatic rings. The lowest BCUT2D eigenvalue weighted by Gasteiger charge is -2.38. The summed E-state index contributed by atoms with van der Waals surface area (Å²) in [6, 6.07) is 6.78. The zero-order chi connectivity index (χ0) is 21.0. The Morgan fingerprint density at radius 1 is 1.41 bits per heavy atom. The number of piperidine rings is 1. The maximum absolute atomic E-state index is 13.2. The molecule has 0 aliphatic carbocycles. The maximum Gasteiger partial charge on any atom is 0.266 e. The highest BCUT2D eigenvalue weighted by Gasteiger charge is 2.41. The van der Waals surface area contributed by atoms with Gasteiger partial charge >= 0.3 is 0 Å². The van der Waals surface area contributed by atoms with Crippen molar-refractivity contribution in [3.63, 3.8) is 0 Å². The molecule has 0 bridgehead atoms. The molecule has 0 spiro atoms. The number of thioether (sulfide) groups is 1. The third-order valence-corrected chi connectivity index (χ3v) is 6.70. The third kappa shape index (κ3) is 4.65.